The minimum atomic E-state index is -3.11. The third-order valence-corrected chi connectivity index (χ3v) is 2.58. The number of nitrogens with zero attached hydrogens (tertiary/aromatic N) is 2. The van der Waals surface area contributed by atoms with Gasteiger partial charge in [0, 0.05) is 12.4 Å². The van der Waals surface area contributed by atoms with Crippen LogP contribution in [0, 0.1) is 13.8 Å². The van der Waals surface area contributed by atoms with Crippen molar-refractivity contribution in [2.75, 3.05) is 0 Å². The molecular weight excluding hydrogens is 410 g/mol. The van der Waals surface area contributed by atoms with E-state index in [0.29, 0.717) is 0 Å². The van der Waals surface area contributed by atoms with Crippen molar-refractivity contribution in [1.29, 1.82) is 0 Å². The second kappa shape index (κ2) is 10.5. The zero-order valence-corrected chi connectivity index (χ0v) is 17.3. The van der Waals surface area contributed by atoms with Crippen LogP contribution in [0.4, 0.5) is 11.4 Å². The van der Waals surface area contributed by atoms with Gasteiger partial charge in [-0.1, -0.05) is 35.4 Å². The summed E-state index contributed by atoms with van der Waals surface area (Å²) in [5.41, 5.74) is 4.36. The third kappa shape index (κ3) is 11.8. The van der Waals surface area contributed by atoms with Crippen LogP contribution in [-0.4, -0.2) is 12.4 Å². The first-order valence-electron chi connectivity index (χ1n) is 6.70. The number of rotatable bonds is 3. The molecule has 2 nitrogen and oxygen atoms in total. The second-order valence-corrected chi connectivity index (χ2v) is 20.1. The number of halogens is 4. The van der Waals surface area contributed by atoms with Crippen LogP contribution in [0.3, 0.4) is 0 Å². The summed E-state index contributed by atoms with van der Waals surface area (Å²) < 4.78 is 0. The molecule has 0 bridgehead atoms. The molecule has 0 saturated heterocycles. The maximum atomic E-state index is 5.01. The molecule has 0 saturated carbocycles. The fourth-order valence-electron chi connectivity index (χ4n) is 1.50. The fraction of sp³-hybridized carbons (Fsp3) is 0.125. The predicted molar refractivity (Wildman–Crippen MR) is 102 cm³/mol. The molecular formula is C16H16Cl4N2Ti. The molecule has 0 fully saturated rings. The molecule has 7 heteroatoms. The van der Waals surface area contributed by atoms with Gasteiger partial charge in [-0.2, -0.15) is 0 Å². The van der Waals surface area contributed by atoms with Gasteiger partial charge in [-0.15, -0.1) is 0 Å². The first-order valence-corrected chi connectivity index (χ1v) is 15.3. The van der Waals surface area contributed by atoms with Gasteiger partial charge in [0.25, 0.3) is 0 Å². The summed E-state index contributed by atoms with van der Waals surface area (Å²) in [6.45, 7) is 4.12. The number of aryl methyl sites for hydroxylation is 2. The Kier molecular flexibility index (Phi) is 9.45. The molecule has 0 heterocycles. The van der Waals surface area contributed by atoms with Crippen LogP contribution in [0.15, 0.2) is 58.5 Å². The first-order chi connectivity index (χ1) is 10.7. The summed E-state index contributed by atoms with van der Waals surface area (Å²) in [7, 11) is 20.1. The normalized spacial score (nSPS) is 11.6. The van der Waals surface area contributed by atoms with E-state index in [1.54, 1.807) is 12.4 Å². The average molecular weight is 426 g/mol. The molecule has 0 atom stereocenters. The Hall–Kier alpha value is -0.346. The van der Waals surface area contributed by atoms with Gasteiger partial charge in [-0.25, -0.2) is 0 Å². The molecule has 0 aromatic heterocycles. The molecule has 2 aromatic rings. The van der Waals surface area contributed by atoms with Crippen molar-refractivity contribution in [1.82, 2.24) is 0 Å². The van der Waals surface area contributed by atoms with E-state index < -0.39 is 12.3 Å². The molecule has 0 N–H and O–H groups in total. The van der Waals surface area contributed by atoms with Gasteiger partial charge in [0.1, 0.15) is 0 Å². The van der Waals surface area contributed by atoms with Crippen LogP contribution in [0.25, 0.3) is 0 Å². The van der Waals surface area contributed by atoms with E-state index >= 15 is 0 Å². The quantitative estimate of drug-likeness (QED) is 0.368. The molecule has 23 heavy (non-hydrogen) atoms. The SMILES string of the molecule is Cc1ccc(N=CC=Nc2ccc(C)cc2)cc1.[Cl][Ti]([Cl])([Cl])[Cl]. The van der Waals surface area contributed by atoms with Crippen LogP contribution < -0.4 is 0 Å². The Morgan fingerprint density at radius 2 is 0.913 bits per heavy atom. The number of hydrogen-bond acceptors (Lipinski definition) is 2. The minimum absolute atomic E-state index is 0.941. The number of hydrogen-bond donors (Lipinski definition) is 0. The average Bonchev–Trinajstić information content (AvgIpc) is 2.46. The van der Waals surface area contributed by atoms with Crippen molar-refractivity contribution in [3.8, 4) is 0 Å². The van der Waals surface area contributed by atoms with Crippen molar-refractivity contribution >= 4 is 61.0 Å². The van der Waals surface area contributed by atoms with Crippen molar-refractivity contribution < 1.29 is 12.3 Å². The second-order valence-electron chi connectivity index (χ2n) is 4.66. The van der Waals surface area contributed by atoms with E-state index in [0.717, 1.165) is 11.4 Å². The summed E-state index contributed by atoms with van der Waals surface area (Å²) in [6.07, 6.45) is 3.43. The Balaban J connectivity index is 0.000000463. The van der Waals surface area contributed by atoms with Crippen molar-refractivity contribution in [3.63, 3.8) is 0 Å². The summed E-state index contributed by atoms with van der Waals surface area (Å²) >= 11 is -3.11. The Bertz CT molecular complexity index is 588. The van der Waals surface area contributed by atoms with Crippen molar-refractivity contribution in [2.24, 2.45) is 9.98 Å². The molecule has 0 spiro atoms. The first kappa shape index (κ1) is 20.7. The van der Waals surface area contributed by atoms with E-state index in [9.17, 15) is 0 Å². The van der Waals surface area contributed by atoms with E-state index in [2.05, 4.69) is 23.8 Å². The Labute approximate surface area is 156 Å². The van der Waals surface area contributed by atoms with E-state index in [4.69, 9.17) is 37.2 Å². The Morgan fingerprint density at radius 1 is 0.652 bits per heavy atom. The van der Waals surface area contributed by atoms with Gasteiger partial charge in [0.15, 0.2) is 0 Å². The van der Waals surface area contributed by atoms with Crippen molar-refractivity contribution in [2.45, 2.75) is 13.8 Å². The fourth-order valence-corrected chi connectivity index (χ4v) is 1.50. The molecule has 0 aliphatic carbocycles. The maximum absolute atomic E-state index is 5.01. The third-order valence-electron chi connectivity index (χ3n) is 2.58. The van der Waals surface area contributed by atoms with Gasteiger partial charge in [0.05, 0.1) is 11.4 Å². The van der Waals surface area contributed by atoms with E-state index in [1.807, 2.05) is 48.5 Å². The topological polar surface area (TPSA) is 24.7 Å². The molecule has 0 amide bonds. The van der Waals surface area contributed by atoms with Crippen LogP contribution >= 0.6 is 37.2 Å². The van der Waals surface area contributed by atoms with Crippen LogP contribution in [0.5, 0.6) is 0 Å². The van der Waals surface area contributed by atoms with Gasteiger partial charge >= 0.3 is 49.6 Å². The molecule has 2 aromatic carbocycles. The summed E-state index contributed by atoms with van der Waals surface area (Å²) in [6, 6.07) is 16.1. The molecule has 2 rings (SSSR count). The standard InChI is InChI=1S/C16H16N2.4ClH.Ti/c1-13-3-7-15(8-4-13)17-11-12-18-16-9-5-14(2)6-10-16;;;;;/h3-12H,1-2H3;4*1H;/q;;;;;+4/p-4. The van der Waals surface area contributed by atoms with E-state index in [1.165, 1.54) is 11.1 Å². The predicted octanol–water partition coefficient (Wildman–Crippen LogP) is 7.16. The van der Waals surface area contributed by atoms with E-state index in [-0.39, 0.29) is 0 Å². The van der Waals surface area contributed by atoms with Gasteiger partial charge < -0.3 is 0 Å². The van der Waals surface area contributed by atoms with Gasteiger partial charge in [0.2, 0.25) is 0 Å². The number of aliphatic imine (C=N–C) groups is 2. The van der Waals surface area contributed by atoms with Crippen LogP contribution in [-0.2, 0) is 12.3 Å². The zero-order chi connectivity index (χ0) is 17.3. The summed E-state index contributed by atoms with van der Waals surface area (Å²) in [5.74, 6) is 0. The summed E-state index contributed by atoms with van der Waals surface area (Å²) in [4.78, 5) is 8.61. The number of benzene rings is 2. The molecule has 0 unspecified atom stereocenters. The summed E-state index contributed by atoms with van der Waals surface area (Å²) in [5, 5.41) is 0. The zero-order valence-electron chi connectivity index (χ0n) is 12.7. The molecule has 0 aliphatic rings. The monoisotopic (exact) mass is 424 g/mol. The molecule has 0 radical (unpaired) electrons. The van der Waals surface area contributed by atoms with Gasteiger partial charge in [-0.05, 0) is 38.1 Å². The van der Waals surface area contributed by atoms with Gasteiger partial charge in [-0.3, -0.25) is 9.98 Å². The Morgan fingerprint density at radius 3 is 1.17 bits per heavy atom. The van der Waals surface area contributed by atoms with Crippen molar-refractivity contribution in [3.05, 3.63) is 59.7 Å². The van der Waals surface area contributed by atoms with Crippen LogP contribution in [0.2, 0.25) is 0 Å². The molecule has 0 aliphatic heterocycles. The van der Waals surface area contributed by atoms with Crippen LogP contribution in [0.1, 0.15) is 11.1 Å². The molecule has 122 valence electrons.